The van der Waals surface area contributed by atoms with Crippen LogP contribution in [0.15, 0.2) is 54.6 Å². The van der Waals surface area contributed by atoms with Crippen LogP contribution in [0.5, 0.6) is 0 Å². The second-order valence-corrected chi connectivity index (χ2v) is 4.73. The minimum atomic E-state index is 0.672. The zero-order chi connectivity index (χ0) is 13.5. The Bertz CT molecular complexity index is 924. The van der Waals surface area contributed by atoms with E-state index in [0.717, 1.165) is 33.2 Å². The Morgan fingerprint density at radius 2 is 1.80 bits per heavy atom. The van der Waals surface area contributed by atoms with Gasteiger partial charge in [0, 0.05) is 10.8 Å². The SMILES string of the molecule is Nc1cccc2c(-c3ccc4ccccc4n3)[nH]nc12. The molecular formula is C16H12N4. The molecule has 4 rings (SSSR count). The average molecular weight is 260 g/mol. The summed E-state index contributed by atoms with van der Waals surface area (Å²) in [5, 5.41) is 9.45. The number of nitrogens with one attached hydrogen (secondary N) is 1. The first-order valence-electron chi connectivity index (χ1n) is 6.42. The van der Waals surface area contributed by atoms with Crippen LogP contribution in [-0.2, 0) is 0 Å². The van der Waals surface area contributed by atoms with Crippen molar-refractivity contribution in [3.8, 4) is 11.4 Å². The lowest BCUT2D eigenvalue weighted by Crippen LogP contribution is -1.86. The van der Waals surface area contributed by atoms with Gasteiger partial charge in [0.05, 0.1) is 22.6 Å². The number of hydrogen-bond acceptors (Lipinski definition) is 3. The van der Waals surface area contributed by atoms with Crippen LogP contribution in [0.1, 0.15) is 0 Å². The topological polar surface area (TPSA) is 67.6 Å². The molecule has 0 atom stereocenters. The molecule has 0 saturated carbocycles. The summed E-state index contributed by atoms with van der Waals surface area (Å²) in [7, 11) is 0. The molecule has 2 aromatic heterocycles. The van der Waals surface area contributed by atoms with Gasteiger partial charge in [0.15, 0.2) is 0 Å². The minimum absolute atomic E-state index is 0.672. The zero-order valence-corrected chi connectivity index (χ0v) is 10.7. The lowest BCUT2D eigenvalue weighted by molar-refractivity contribution is 1.12. The minimum Gasteiger partial charge on any atom is -0.397 e. The maximum atomic E-state index is 5.94. The molecule has 0 unspecified atom stereocenters. The molecule has 0 fully saturated rings. The molecular weight excluding hydrogens is 248 g/mol. The van der Waals surface area contributed by atoms with Crippen molar-refractivity contribution in [2.24, 2.45) is 0 Å². The highest BCUT2D eigenvalue weighted by Gasteiger charge is 2.10. The number of hydrogen-bond donors (Lipinski definition) is 2. The summed E-state index contributed by atoms with van der Waals surface area (Å²) < 4.78 is 0. The van der Waals surface area contributed by atoms with Crippen molar-refractivity contribution in [1.82, 2.24) is 15.2 Å². The van der Waals surface area contributed by atoms with Gasteiger partial charge in [-0.1, -0.05) is 36.4 Å². The number of nitrogens with zero attached hydrogens (tertiary/aromatic N) is 2. The molecule has 0 aliphatic carbocycles. The van der Waals surface area contributed by atoms with Crippen molar-refractivity contribution in [2.45, 2.75) is 0 Å². The maximum absolute atomic E-state index is 5.94. The maximum Gasteiger partial charge on any atom is 0.116 e. The van der Waals surface area contributed by atoms with E-state index in [0.29, 0.717) is 5.69 Å². The molecule has 0 aliphatic rings. The zero-order valence-electron chi connectivity index (χ0n) is 10.7. The normalized spacial score (nSPS) is 11.2. The van der Waals surface area contributed by atoms with E-state index in [-0.39, 0.29) is 0 Å². The van der Waals surface area contributed by atoms with E-state index in [1.165, 1.54) is 0 Å². The van der Waals surface area contributed by atoms with Gasteiger partial charge in [0.2, 0.25) is 0 Å². The fraction of sp³-hybridized carbons (Fsp3) is 0. The monoisotopic (exact) mass is 260 g/mol. The number of benzene rings is 2. The molecule has 2 aromatic carbocycles. The van der Waals surface area contributed by atoms with Gasteiger partial charge in [0.25, 0.3) is 0 Å². The number of H-pyrrole nitrogens is 1. The van der Waals surface area contributed by atoms with E-state index in [1.807, 2.05) is 42.5 Å². The van der Waals surface area contributed by atoms with Crippen molar-refractivity contribution >= 4 is 27.5 Å². The number of nitrogens with two attached hydrogens (primary N) is 1. The van der Waals surface area contributed by atoms with Crippen molar-refractivity contribution < 1.29 is 0 Å². The van der Waals surface area contributed by atoms with Gasteiger partial charge in [-0.25, -0.2) is 4.98 Å². The molecule has 4 aromatic rings. The third-order valence-electron chi connectivity index (χ3n) is 3.47. The van der Waals surface area contributed by atoms with E-state index in [1.54, 1.807) is 0 Å². The van der Waals surface area contributed by atoms with Crippen molar-refractivity contribution in [1.29, 1.82) is 0 Å². The fourth-order valence-corrected chi connectivity index (χ4v) is 2.46. The Morgan fingerprint density at radius 1 is 0.900 bits per heavy atom. The van der Waals surface area contributed by atoms with Crippen LogP contribution in [0.25, 0.3) is 33.2 Å². The van der Waals surface area contributed by atoms with Gasteiger partial charge in [0.1, 0.15) is 5.52 Å². The van der Waals surface area contributed by atoms with E-state index >= 15 is 0 Å². The first-order valence-corrected chi connectivity index (χ1v) is 6.42. The number of aromatic nitrogens is 3. The summed E-state index contributed by atoms with van der Waals surface area (Å²) in [5.41, 5.74) is 10.1. The molecule has 0 spiro atoms. The number of fused-ring (bicyclic) bond motifs is 2. The number of para-hydroxylation sites is 2. The van der Waals surface area contributed by atoms with Crippen LogP contribution < -0.4 is 5.73 Å². The standard InChI is InChI=1S/C16H12N4/c17-12-6-3-5-11-15(12)19-20-16(11)14-9-8-10-4-1-2-7-13(10)18-14/h1-9H,17H2,(H,19,20). The third kappa shape index (κ3) is 1.55. The molecule has 0 amide bonds. The molecule has 20 heavy (non-hydrogen) atoms. The Hall–Kier alpha value is -2.88. The number of rotatable bonds is 1. The van der Waals surface area contributed by atoms with E-state index in [9.17, 15) is 0 Å². The Balaban J connectivity index is 1.99. The summed E-state index contributed by atoms with van der Waals surface area (Å²) in [6.07, 6.45) is 0. The number of pyridine rings is 1. The highest BCUT2D eigenvalue weighted by atomic mass is 15.1. The van der Waals surface area contributed by atoms with E-state index in [2.05, 4.69) is 27.3 Å². The molecule has 0 radical (unpaired) electrons. The van der Waals surface area contributed by atoms with Gasteiger partial charge in [-0.2, -0.15) is 5.10 Å². The van der Waals surface area contributed by atoms with Crippen molar-refractivity contribution in [3.63, 3.8) is 0 Å². The molecule has 3 N–H and O–H groups in total. The smallest absolute Gasteiger partial charge is 0.116 e. The molecule has 0 bridgehead atoms. The molecule has 4 nitrogen and oxygen atoms in total. The first kappa shape index (κ1) is 11.0. The Labute approximate surface area is 115 Å². The lowest BCUT2D eigenvalue weighted by Gasteiger charge is -2.01. The van der Waals surface area contributed by atoms with Crippen LogP contribution >= 0.6 is 0 Å². The third-order valence-corrected chi connectivity index (χ3v) is 3.47. The summed E-state index contributed by atoms with van der Waals surface area (Å²) in [6, 6.07) is 17.9. The molecule has 96 valence electrons. The summed E-state index contributed by atoms with van der Waals surface area (Å²) in [6.45, 7) is 0. The van der Waals surface area contributed by atoms with Gasteiger partial charge in [-0.3, -0.25) is 5.10 Å². The van der Waals surface area contributed by atoms with E-state index in [4.69, 9.17) is 5.73 Å². The van der Waals surface area contributed by atoms with Crippen LogP contribution in [0, 0.1) is 0 Å². The van der Waals surface area contributed by atoms with Gasteiger partial charge in [-0.15, -0.1) is 0 Å². The van der Waals surface area contributed by atoms with Crippen LogP contribution in [0.3, 0.4) is 0 Å². The van der Waals surface area contributed by atoms with E-state index < -0.39 is 0 Å². The molecule has 0 saturated heterocycles. The summed E-state index contributed by atoms with van der Waals surface area (Å²) in [4.78, 5) is 4.69. The number of nitrogen functional groups attached to an aromatic ring is 1. The number of anilines is 1. The fourth-order valence-electron chi connectivity index (χ4n) is 2.46. The molecule has 0 aliphatic heterocycles. The predicted octanol–water partition coefficient (Wildman–Crippen LogP) is 3.36. The lowest BCUT2D eigenvalue weighted by atomic mass is 10.1. The first-order chi connectivity index (χ1) is 9.83. The van der Waals surface area contributed by atoms with Crippen LogP contribution in [0.2, 0.25) is 0 Å². The van der Waals surface area contributed by atoms with Crippen LogP contribution in [-0.4, -0.2) is 15.2 Å². The second kappa shape index (κ2) is 4.06. The summed E-state index contributed by atoms with van der Waals surface area (Å²) in [5.74, 6) is 0. The second-order valence-electron chi connectivity index (χ2n) is 4.73. The average Bonchev–Trinajstić information content (AvgIpc) is 2.92. The quantitative estimate of drug-likeness (QED) is 0.516. The van der Waals surface area contributed by atoms with Gasteiger partial charge < -0.3 is 5.73 Å². The Morgan fingerprint density at radius 3 is 2.75 bits per heavy atom. The Kier molecular flexibility index (Phi) is 2.23. The predicted molar refractivity (Wildman–Crippen MR) is 81.2 cm³/mol. The molecule has 2 heterocycles. The highest BCUT2D eigenvalue weighted by Crippen LogP contribution is 2.28. The molecule has 4 heteroatoms. The van der Waals surface area contributed by atoms with Gasteiger partial charge in [-0.05, 0) is 18.2 Å². The highest BCUT2D eigenvalue weighted by molar-refractivity contribution is 5.98. The number of aromatic amines is 1. The summed E-state index contributed by atoms with van der Waals surface area (Å²) >= 11 is 0. The van der Waals surface area contributed by atoms with Crippen molar-refractivity contribution in [2.75, 3.05) is 5.73 Å². The van der Waals surface area contributed by atoms with Crippen LogP contribution in [0.4, 0.5) is 5.69 Å². The van der Waals surface area contributed by atoms with Gasteiger partial charge >= 0.3 is 0 Å². The largest absolute Gasteiger partial charge is 0.397 e. The van der Waals surface area contributed by atoms with Crippen molar-refractivity contribution in [3.05, 3.63) is 54.6 Å².